The fourth-order valence-electron chi connectivity index (χ4n) is 3.23. The van der Waals surface area contributed by atoms with Gasteiger partial charge in [0.2, 0.25) is 15.9 Å². The van der Waals surface area contributed by atoms with E-state index in [-0.39, 0.29) is 11.2 Å². The van der Waals surface area contributed by atoms with Crippen LogP contribution in [0.25, 0.3) is 0 Å². The number of rotatable bonds is 7. The lowest BCUT2D eigenvalue weighted by Gasteiger charge is -2.31. The first-order chi connectivity index (χ1) is 12.0. The normalized spacial score (nSPS) is 19.6. The van der Waals surface area contributed by atoms with Crippen LogP contribution in [0.5, 0.6) is 5.75 Å². The molecule has 1 aliphatic heterocycles. The van der Waals surface area contributed by atoms with E-state index in [0.717, 1.165) is 37.0 Å². The number of nitrogens with one attached hydrogen (secondary N) is 1. The molecule has 0 spiro atoms. The summed E-state index contributed by atoms with van der Waals surface area (Å²) < 4.78 is 31.2. The van der Waals surface area contributed by atoms with Crippen LogP contribution in [0.4, 0.5) is 0 Å². The Morgan fingerprint density at radius 2 is 1.96 bits per heavy atom. The van der Waals surface area contributed by atoms with E-state index in [4.69, 9.17) is 4.74 Å². The highest BCUT2D eigenvalue weighted by Crippen LogP contribution is 2.33. The molecule has 1 heterocycles. The summed E-state index contributed by atoms with van der Waals surface area (Å²) in [5.41, 5.74) is 0.919. The first kappa shape index (κ1) is 18.2. The van der Waals surface area contributed by atoms with Crippen LogP contribution in [0.15, 0.2) is 24.3 Å². The minimum atomic E-state index is -3.06. The lowest BCUT2D eigenvalue weighted by molar-refractivity contribution is -0.120. The zero-order valence-corrected chi connectivity index (χ0v) is 15.4. The molecular formula is C18H26N2O4S. The van der Waals surface area contributed by atoms with Gasteiger partial charge in [-0.2, -0.15) is 0 Å². The van der Waals surface area contributed by atoms with Gasteiger partial charge in [0.15, 0.2) is 0 Å². The summed E-state index contributed by atoms with van der Waals surface area (Å²) in [6, 6.07) is 7.49. The number of ether oxygens (including phenoxy) is 1. The van der Waals surface area contributed by atoms with Gasteiger partial charge >= 0.3 is 0 Å². The first-order valence-corrected chi connectivity index (χ1v) is 10.4. The molecule has 1 aliphatic carbocycles. The maximum atomic E-state index is 12.2. The number of amides is 1. The lowest BCUT2D eigenvalue weighted by atomic mass is 9.98. The molecular weight excluding hydrogens is 340 g/mol. The molecule has 1 saturated carbocycles. The molecule has 6 nitrogen and oxygen atoms in total. The molecule has 1 amide bonds. The molecule has 138 valence electrons. The molecule has 7 heteroatoms. The summed E-state index contributed by atoms with van der Waals surface area (Å²) in [4.78, 5) is 12.1. The lowest BCUT2D eigenvalue weighted by Crippen LogP contribution is -2.42. The molecule has 2 fully saturated rings. The van der Waals surface area contributed by atoms with E-state index in [9.17, 15) is 13.2 Å². The van der Waals surface area contributed by atoms with Crippen molar-refractivity contribution in [3.63, 3.8) is 0 Å². The molecule has 0 aromatic heterocycles. The zero-order valence-electron chi connectivity index (χ0n) is 14.6. The summed E-state index contributed by atoms with van der Waals surface area (Å²) >= 11 is 0. The second kappa shape index (κ2) is 7.74. The van der Waals surface area contributed by atoms with Gasteiger partial charge in [0.05, 0.1) is 18.8 Å². The van der Waals surface area contributed by atoms with Crippen molar-refractivity contribution in [1.29, 1.82) is 0 Å². The number of nitrogens with zero attached hydrogens (tertiary/aromatic N) is 1. The molecule has 0 bridgehead atoms. The minimum Gasteiger partial charge on any atom is -0.497 e. The van der Waals surface area contributed by atoms with Crippen molar-refractivity contribution < 1.29 is 17.9 Å². The Balaban J connectivity index is 1.41. The molecule has 2 aliphatic rings. The SMILES string of the molecule is COc1cccc(CC(=O)NCC2CCN(S(=O)(=O)C3CC3)CC2)c1. The molecule has 0 radical (unpaired) electrons. The van der Waals surface area contributed by atoms with Crippen LogP contribution >= 0.6 is 0 Å². The van der Waals surface area contributed by atoms with Crippen molar-refractivity contribution in [2.45, 2.75) is 37.4 Å². The summed E-state index contributed by atoms with van der Waals surface area (Å²) in [5.74, 6) is 1.08. The molecule has 0 atom stereocenters. The first-order valence-electron chi connectivity index (χ1n) is 8.87. The second-order valence-corrected chi connectivity index (χ2v) is 9.13. The van der Waals surface area contributed by atoms with Gasteiger partial charge in [0.25, 0.3) is 0 Å². The van der Waals surface area contributed by atoms with Gasteiger partial charge in [-0.1, -0.05) is 12.1 Å². The Bertz CT molecular complexity index is 708. The van der Waals surface area contributed by atoms with Gasteiger partial charge < -0.3 is 10.1 Å². The maximum Gasteiger partial charge on any atom is 0.224 e. The van der Waals surface area contributed by atoms with E-state index >= 15 is 0 Å². The number of benzene rings is 1. The third kappa shape index (κ3) is 4.73. The van der Waals surface area contributed by atoms with E-state index in [0.29, 0.717) is 32.0 Å². The van der Waals surface area contributed by atoms with E-state index in [1.54, 1.807) is 11.4 Å². The third-order valence-corrected chi connectivity index (χ3v) is 7.36. The van der Waals surface area contributed by atoms with Gasteiger partial charge in [-0.25, -0.2) is 12.7 Å². The Morgan fingerprint density at radius 3 is 2.60 bits per heavy atom. The quantitative estimate of drug-likeness (QED) is 0.795. The number of methoxy groups -OCH3 is 1. The third-order valence-electron chi connectivity index (χ3n) is 4.97. The van der Waals surface area contributed by atoms with Gasteiger partial charge in [0.1, 0.15) is 5.75 Å². The van der Waals surface area contributed by atoms with Gasteiger partial charge in [-0.15, -0.1) is 0 Å². The maximum absolute atomic E-state index is 12.2. The average Bonchev–Trinajstić information content (AvgIpc) is 3.46. The van der Waals surface area contributed by atoms with Crippen LogP contribution in [0, 0.1) is 5.92 Å². The predicted octanol–water partition coefficient (Wildman–Crippen LogP) is 1.56. The predicted molar refractivity (Wildman–Crippen MR) is 95.9 cm³/mol. The molecule has 1 aromatic carbocycles. The van der Waals surface area contributed by atoms with Crippen molar-refractivity contribution in [3.8, 4) is 5.75 Å². The number of carbonyl (C=O) groups excluding carboxylic acids is 1. The topological polar surface area (TPSA) is 75.7 Å². The Labute approximate surface area is 149 Å². The molecule has 0 unspecified atom stereocenters. The molecule has 1 saturated heterocycles. The van der Waals surface area contributed by atoms with Crippen LogP contribution in [0.3, 0.4) is 0 Å². The van der Waals surface area contributed by atoms with Gasteiger partial charge in [-0.3, -0.25) is 4.79 Å². The van der Waals surface area contributed by atoms with E-state index in [1.807, 2.05) is 24.3 Å². The van der Waals surface area contributed by atoms with Gasteiger partial charge in [-0.05, 0) is 49.3 Å². The van der Waals surface area contributed by atoms with E-state index in [2.05, 4.69) is 5.32 Å². The Kier molecular flexibility index (Phi) is 5.64. The highest BCUT2D eigenvalue weighted by molar-refractivity contribution is 7.90. The molecule has 1 aromatic rings. The summed E-state index contributed by atoms with van der Waals surface area (Å²) in [5, 5.41) is 2.85. The number of carbonyl (C=O) groups is 1. The molecule has 3 rings (SSSR count). The number of sulfonamides is 1. The number of piperidine rings is 1. The Hall–Kier alpha value is -1.60. The average molecular weight is 366 g/mol. The minimum absolute atomic E-state index is 0.0127. The molecule has 25 heavy (non-hydrogen) atoms. The van der Waals surface area contributed by atoms with Crippen LogP contribution < -0.4 is 10.1 Å². The van der Waals surface area contributed by atoms with Crippen molar-refractivity contribution >= 4 is 15.9 Å². The number of hydrogen-bond acceptors (Lipinski definition) is 4. The van der Waals surface area contributed by atoms with Crippen molar-refractivity contribution in [1.82, 2.24) is 9.62 Å². The Morgan fingerprint density at radius 1 is 1.24 bits per heavy atom. The van der Waals surface area contributed by atoms with Gasteiger partial charge in [0, 0.05) is 19.6 Å². The smallest absolute Gasteiger partial charge is 0.224 e. The van der Waals surface area contributed by atoms with Crippen molar-refractivity contribution in [2.24, 2.45) is 5.92 Å². The zero-order chi connectivity index (χ0) is 17.9. The molecule has 1 N–H and O–H groups in total. The highest BCUT2D eigenvalue weighted by atomic mass is 32.2. The number of hydrogen-bond donors (Lipinski definition) is 1. The summed E-state index contributed by atoms with van der Waals surface area (Å²) in [6.07, 6.45) is 3.56. The second-order valence-electron chi connectivity index (χ2n) is 6.92. The monoisotopic (exact) mass is 366 g/mol. The van der Waals surface area contributed by atoms with Crippen LogP contribution in [0.1, 0.15) is 31.2 Å². The van der Waals surface area contributed by atoms with Crippen LogP contribution in [-0.4, -0.2) is 50.6 Å². The fraction of sp³-hybridized carbons (Fsp3) is 0.611. The van der Waals surface area contributed by atoms with Crippen LogP contribution in [-0.2, 0) is 21.2 Å². The fourth-order valence-corrected chi connectivity index (χ4v) is 5.11. The standard InChI is InChI=1S/C18H26N2O4S/c1-24-16-4-2-3-15(11-16)12-18(21)19-13-14-7-9-20(10-8-14)25(22,23)17-5-6-17/h2-4,11,14,17H,5-10,12-13H2,1H3,(H,19,21). The van der Waals surface area contributed by atoms with Crippen molar-refractivity contribution in [3.05, 3.63) is 29.8 Å². The summed E-state index contributed by atoms with van der Waals surface area (Å²) in [7, 11) is -1.45. The summed E-state index contributed by atoms with van der Waals surface area (Å²) in [6.45, 7) is 1.77. The highest BCUT2D eigenvalue weighted by Gasteiger charge is 2.41. The van der Waals surface area contributed by atoms with Crippen LogP contribution in [0.2, 0.25) is 0 Å². The van der Waals surface area contributed by atoms with E-state index in [1.165, 1.54) is 0 Å². The van der Waals surface area contributed by atoms with Crippen molar-refractivity contribution in [2.75, 3.05) is 26.7 Å². The largest absolute Gasteiger partial charge is 0.497 e. The van der Waals surface area contributed by atoms with E-state index < -0.39 is 10.0 Å².